The number of rotatable bonds is 4. The van der Waals surface area contributed by atoms with Gasteiger partial charge in [-0.2, -0.15) is 0 Å². The van der Waals surface area contributed by atoms with E-state index in [1.54, 1.807) is 11.3 Å². The molecule has 2 heterocycles. The van der Waals surface area contributed by atoms with E-state index in [0.29, 0.717) is 6.54 Å². The van der Waals surface area contributed by atoms with Crippen molar-refractivity contribution in [3.05, 3.63) is 33.5 Å². The van der Waals surface area contributed by atoms with Gasteiger partial charge in [-0.3, -0.25) is 0 Å². The highest BCUT2D eigenvalue weighted by molar-refractivity contribution is 9.10. The molecule has 0 atom stereocenters. The molecule has 0 unspecified atom stereocenters. The van der Waals surface area contributed by atoms with E-state index in [1.165, 1.54) is 0 Å². The highest BCUT2D eigenvalue weighted by atomic mass is 79.9. The molecule has 0 aromatic carbocycles. The number of aromatic nitrogens is 2. The third-order valence-corrected chi connectivity index (χ3v) is 4.04. The lowest BCUT2D eigenvalue weighted by Crippen LogP contribution is -2.04. The quantitative estimate of drug-likeness (QED) is 0.943. The molecule has 2 aromatic heterocycles. The van der Waals surface area contributed by atoms with E-state index in [2.05, 4.69) is 37.3 Å². The van der Waals surface area contributed by atoms with E-state index in [9.17, 15) is 0 Å². The lowest BCUT2D eigenvalue weighted by atomic mass is 10.2. The number of hydrogen-bond acceptors (Lipinski definition) is 4. The number of nitrogens with zero attached hydrogens (tertiary/aromatic N) is 2. The number of nitrogens with two attached hydrogens (primary N) is 1. The summed E-state index contributed by atoms with van der Waals surface area (Å²) in [5.41, 5.74) is 7.51. The van der Waals surface area contributed by atoms with Crippen molar-refractivity contribution in [3.63, 3.8) is 0 Å². The van der Waals surface area contributed by atoms with Crippen LogP contribution in [-0.4, -0.2) is 16.5 Å². The van der Waals surface area contributed by atoms with Crippen LogP contribution in [0.4, 0.5) is 0 Å². The molecule has 0 bridgehead atoms. The van der Waals surface area contributed by atoms with Gasteiger partial charge in [-0.25, -0.2) is 9.97 Å². The van der Waals surface area contributed by atoms with Crippen LogP contribution in [0.25, 0.3) is 10.6 Å². The molecule has 0 radical (unpaired) electrons. The number of aryl methyl sites for hydroxylation is 2. The Morgan fingerprint density at radius 1 is 1.35 bits per heavy atom. The van der Waals surface area contributed by atoms with Crippen LogP contribution >= 0.6 is 27.3 Å². The molecule has 2 aromatic rings. The van der Waals surface area contributed by atoms with Crippen LogP contribution in [-0.2, 0) is 6.42 Å². The fraction of sp³-hybridized carbons (Fsp3) is 0.333. The summed E-state index contributed by atoms with van der Waals surface area (Å²) in [7, 11) is 0. The molecule has 0 aliphatic heterocycles. The highest BCUT2D eigenvalue weighted by Crippen LogP contribution is 2.28. The maximum Gasteiger partial charge on any atom is 0.129 e. The molecule has 0 spiro atoms. The molecule has 17 heavy (non-hydrogen) atoms. The first-order valence-corrected chi connectivity index (χ1v) is 7.15. The van der Waals surface area contributed by atoms with Crippen molar-refractivity contribution in [3.8, 4) is 10.6 Å². The van der Waals surface area contributed by atoms with Crippen LogP contribution in [0.2, 0.25) is 0 Å². The van der Waals surface area contributed by atoms with Crippen molar-refractivity contribution >= 4 is 27.3 Å². The summed E-state index contributed by atoms with van der Waals surface area (Å²) in [5.74, 6) is 0.884. The van der Waals surface area contributed by atoms with Crippen molar-refractivity contribution in [2.75, 3.05) is 6.54 Å². The molecule has 2 N–H and O–H groups in total. The first-order chi connectivity index (χ1) is 8.19. The number of thiophene rings is 1. The average Bonchev–Trinajstić information content (AvgIpc) is 2.72. The van der Waals surface area contributed by atoms with Gasteiger partial charge in [0, 0.05) is 22.0 Å². The summed E-state index contributed by atoms with van der Waals surface area (Å²) >= 11 is 5.14. The molecule has 2 rings (SSSR count). The zero-order valence-electron chi connectivity index (χ0n) is 9.61. The predicted octanol–water partition coefficient (Wildman–Crippen LogP) is 3.17. The molecule has 0 saturated carbocycles. The maximum absolute atomic E-state index is 5.51. The molecule has 0 amide bonds. The summed E-state index contributed by atoms with van der Waals surface area (Å²) < 4.78 is 1.09. The second-order valence-corrected chi connectivity index (χ2v) is 5.66. The lowest BCUT2D eigenvalue weighted by Gasteiger charge is -2.03. The fourth-order valence-electron chi connectivity index (χ4n) is 1.58. The Balaban J connectivity index is 2.31. The van der Waals surface area contributed by atoms with E-state index in [1.807, 2.05) is 13.0 Å². The standard InChI is InChI=1S/C12H14BrN3S/c1-8-5-10(11-6-9(13)7-17-11)16-12(15-8)3-2-4-14/h5-7H,2-4,14H2,1H3. The highest BCUT2D eigenvalue weighted by Gasteiger charge is 2.06. The average molecular weight is 312 g/mol. The molecular formula is C12H14BrN3S. The molecule has 3 nitrogen and oxygen atoms in total. The summed E-state index contributed by atoms with van der Waals surface area (Å²) in [5, 5.41) is 2.06. The van der Waals surface area contributed by atoms with Crippen LogP contribution < -0.4 is 5.73 Å². The van der Waals surface area contributed by atoms with Gasteiger partial charge in [0.25, 0.3) is 0 Å². The van der Waals surface area contributed by atoms with Gasteiger partial charge in [-0.1, -0.05) is 0 Å². The van der Waals surface area contributed by atoms with Crippen molar-refractivity contribution < 1.29 is 0 Å². The van der Waals surface area contributed by atoms with Crippen molar-refractivity contribution in [1.82, 2.24) is 9.97 Å². The Kier molecular flexibility index (Phi) is 4.25. The predicted molar refractivity (Wildman–Crippen MR) is 75.2 cm³/mol. The topological polar surface area (TPSA) is 51.8 Å². The van der Waals surface area contributed by atoms with Crippen LogP contribution in [0.15, 0.2) is 22.0 Å². The fourth-order valence-corrected chi connectivity index (χ4v) is 2.96. The van der Waals surface area contributed by atoms with Crippen LogP contribution in [0.5, 0.6) is 0 Å². The molecule has 90 valence electrons. The Labute approximate surface area is 113 Å². The van der Waals surface area contributed by atoms with Crippen molar-refractivity contribution in [2.45, 2.75) is 19.8 Å². The summed E-state index contributed by atoms with van der Waals surface area (Å²) in [4.78, 5) is 10.2. The van der Waals surface area contributed by atoms with Gasteiger partial charge >= 0.3 is 0 Å². The van der Waals surface area contributed by atoms with E-state index < -0.39 is 0 Å². The third kappa shape index (κ3) is 3.34. The SMILES string of the molecule is Cc1cc(-c2cc(Br)cs2)nc(CCCN)n1. The lowest BCUT2D eigenvalue weighted by molar-refractivity contribution is 0.777. The van der Waals surface area contributed by atoms with Crippen molar-refractivity contribution in [1.29, 1.82) is 0 Å². The second-order valence-electron chi connectivity index (χ2n) is 3.83. The van der Waals surface area contributed by atoms with Gasteiger partial charge in [0.15, 0.2) is 0 Å². The summed E-state index contributed by atoms with van der Waals surface area (Å²) in [6.07, 6.45) is 1.77. The van der Waals surface area contributed by atoms with Crippen LogP contribution in [0.1, 0.15) is 17.9 Å². The van der Waals surface area contributed by atoms with E-state index in [0.717, 1.165) is 39.4 Å². The minimum absolute atomic E-state index is 0.678. The van der Waals surface area contributed by atoms with E-state index in [4.69, 9.17) is 5.73 Å². The minimum Gasteiger partial charge on any atom is -0.330 e. The third-order valence-electron chi connectivity index (χ3n) is 2.32. The monoisotopic (exact) mass is 311 g/mol. The van der Waals surface area contributed by atoms with Crippen LogP contribution in [0, 0.1) is 6.92 Å². The zero-order chi connectivity index (χ0) is 12.3. The molecular weight excluding hydrogens is 298 g/mol. The largest absolute Gasteiger partial charge is 0.330 e. The van der Waals surface area contributed by atoms with Gasteiger partial charge in [-0.15, -0.1) is 11.3 Å². The summed E-state index contributed by atoms with van der Waals surface area (Å²) in [6, 6.07) is 4.10. The van der Waals surface area contributed by atoms with Gasteiger partial charge in [0.2, 0.25) is 0 Å². The normalized spacial score (nSPS) is 10.8. The Hall–Kier alpha value is -0.780. The summed E-state index contributed by atoms with van der Waals surface area (Å²) in [6.45, 7) is 2.68. The number of hydrogen-bond donors (Lipinski definition) is 1. The van der Waals surface area contributed by atoms with Crippen molar-refractivity contribution in [2.24, 2.45) is 5.73 Å². The van der Waals surface area contributed by atoms with Gasteiger partial charge in [-0.05, 0) is 48.0 Å². The molecule has 0 fully saturated rings. The van der Waals surface area contributed by atoms with Gasteiger partial charge < -0.3 is 5.73 Å². The van der Waals surface area contributed by atoms with Gasteiger partial charge in [0.1, 0.15) is 5.82 Å². The van der Waals surface area contributed by atoms with E-state index >= 15 is 0 Å². The Morgan fingerprint density at radius 2 is 2.18 bits per heavy atom. The zero-order valence-corrected chi connectivity index (χ0v) is 12.0. The second kappa shape index (κ2) is 5.71. The first kappa shape index (κ1) is 12.7. The van der Waals surface area contributed by atoms with Gasteiger partial charge in [0.05, 0.1) is 10.6 Å². The van der Waals surface area contributed by atoms with E-state index in [-0.39, 0.29) is 0 Å². The Morgan fingerprint density at radius 3 is 2.82 bits per heavy atom. The number of halogens is 1. The smallest absolute Gasteiger partial charge is 0.129 e. The van der Waals surface area contributed by atoms with Crippen LogP contribution in [0.3, 0.4) is 0 Å². The maximum atomic E-state index is 5.51. The molecule has 0 aliphatic carbocycles. The molecule has 0 aliphatic rings. The molecule has 0 saturated heterocycles. The Bertz CT molecular complexity index is 510. The first-order valence-electron chi connectivity index (χ1n) is 5.48. The minimum atomic E-state index is 0.678. The molecule has 5 heteroatoms.